The van der Waals surface area contributed by atoms with Crippen molar-refractivity contribution in [2.45, 2.75) is 32.9 Å². The first kappa shape index (κ1) is 19.2. The molecule has 1 fully saturated rings. The van der Waals surface area contributed by atoms with Crippen LogP contribution in [0.5, 0.6) is 0 Å². The quantitative estimate of drug-likeness (QED) is 0.714. The maximum absolute atomic E-state index is 12.1. The minimum Gasteiger partial charge on any atom is -0.358 e. The summed E-state index contributed by atoms with van der Waals surface area (Å²) in [4.78, 5) is 15.8. The van der Waals surface area contributed by atoms with Gasteiger partial charge in [-0.05, 0) is 13.8 Å². The van der Waals surface area contributed by atoms with E-state index < -0.39 is 0 Å². The number of nitrogens with zero attached hydrogens (tertiary/aromatic N) is 1. The first-order chi connectivity index (χ1) is 11.6. The molecule has 1 aliphatic rings. The average molecular weight is 367 g/mol. The van der Waals surface area contributed by atoms with Crippen LogP contribution in [0.3, 0.4) is 0 Å². The molecule has 2 N–H and O–H groups in total. The third-order valence-corrected chi connectivity index (χ3v) is 5.92. The standard InChI is InChI=1S/C18H27N3OS2/c1-3-21(4-2)18(23)24-14-17(22)19-16-10-11-20(13-16)12-15-8-6-5-7-9-15/h5-9,16H,3-4,10-14H2,1-2H3,(H,19,22)/p+1/t16-/m0/s1. The van der Waals surface area contributed by atoms with Gasteiger partial charge in [-0.3, -0.25) is 4.79 Å². The number of hydrogen-bond acceptors (Lipinski definition) is 3. The van der Waals surface area contributed by atoms with E-state index in [9.17, 15) is 4.79 Å². The molecule has 132 valence electrons. The highest BCUT2D eigenvalue weighted by Crippen LogP contribution is 2.09. The number of amides is 1. The van der Waals surface area contributed by atoms with E-state index in [-0.39, 0.29) is 5.91 Å². The lowest BCUT2D eigenvalue weighted by Gasteiger charge is -2.20. The fourth-order valence-electron chi connectivity index (χ4n) is 3.07. The van der Waals surface area contributed by atoms with Crippen molar-refractivity contribution in [3.05, 3.63) is 35.9 Å². The molecule has 4 nitrogen and oxygen atoms in total. The molecule has 1 heterocycles. The number of thioether (sulfide) groups is 1. The zero-order chi connectivity index (χ0) is 17.4. The van der Waals surface area contributed by atoms with Crippen molar-refractivity contribution in [1.82, 2.24) is 10.2 Å². The van der Waals surface area contributed by atoms with Crippen LogP contribution in [-0.2, 0) is 11.3 Å². The minimum atomic E-state index is 0.0977. The number of nitrogens with one attached hydrogen (secondary N) is 2. The van der Waals surface area contributed by atoms with Crippen molar-refractivity contribution < 1.29 is 9.69 Å². The van der Waals surface area contributed by atoms with E-state index in [1.54, 1.807) is 0 Å². The summed E-state index contributed by atoms with van der Waals surface area (Å²) in [5.41, 5.74) is 1.36. The Morgan fingerprint density at radius 3 is 2.71 bits per heavy atom. The molecule has 1 saturated heterocycles. The number of rotatable bonds is 7. The molecule has 24 heavy (non-hydrogen) atoms. The molecule has 0 bridgehead atoms. The largest absolute Gasteiger partial charge is 0.358 e. The lowest BCUT2D eigenvalue weighted by atomic mass is 10.2. The summed E-state index contributed by atoms with van der Waals surface area (Å²) in [6, 6.07) is 10.8. The van der Waals surface area contributed by atoms with E-state index >= 15 is 0 Å². The van der Waals surface area contributed by atoms with Crippen LogP contribution in [0.1, 0.15) is 25.8 Å². The van der Waals surface area contributed by atoms with Gasteiger partial charge in [-0.2, -0.15) is 0 Å². The van der Waals surface area contributed by atoms with Gasteiger partial charge in [0.2, 0.25) is 5.91 Å². The monoisotopic (exact) mass is 366 g/mol. The first-order valence-corrected chi connectivity index (χ1v) is 10.1. The smallest absolute Gasteiger partial charge is 0.230 e. The van der Waals surface area contributed by atoms with Crippen LogP contribution < -0.4 is 10.2 Å². The van der Waals surface area contributed by atoms with Gasteiger partial charge in [0.1, 0.15) is 10.9 Å². The van der Waals surface area contributed by atoms with E-state index in [1.165, 1.54) is 22.2 Å². The average Bonchev–Trinajstić information content (AvgIpc) is 3.02. The molecule has 6 heteroatoms. The van der Waals surface area contributed by atoms with Crippen LogP contribution in [-0.4, -0.2) is 53.1 Å². The van der Waals surface area contributed by atoms with Gasteiger partial charge in [0, 0.05) is 25.1 Å². The second-order valence-electron chi connectivity index (χ2n) is 6.15. The van der Waals surface area contributed by atoms with E-state index in [4.69, 9.17) is 12.2 Å². The Hall–Kier alpha value is -1.11. The van der Waals surface area contributed by atoms with Crippen molar-refractivity contribution >= 4 is 34.2 Å². The maximum Gasteiger partial charge on any atom is 0.230 e. The number of likely N-dealkylation sites (tertiary alicyclic amines) is 1. The van der Waals surface area contributed by atoms with Crippen LogP contribution in [0.4, 0.5) is 0 Å². The normalized spacial score (nSPS) is 19.9. The highest BCUT2D eigenvalue weighted by Gasteiger charge is 2.27. The van der Waals surface area contributed by atoms with Gasteiger partial charge >= 0.3 is 0 Å². The summed E-state index contributed by atoms with van der Waals surface area (Å²) in [7, 11) is 0. The molecule has 1 aliphatic heterocycles. The topological polar surface area (TPSA) is 36.8 Å². The van der Waals surface area contributed by atoms with Gasteiger partial charge in [0.05, 0.1) is 24.9 Å². The predicted molar refractivity (Wildman–Crippen MR) is 105 cm³/mol. The molecular weight excluding hydrogens is 338 g/mol. The Bertz CT molecular complexity index is 534. The molecule has 1 aromatic carbocycles. The predicted octanol–water partition coefficient (Wildman–Crippen LogP) is 1.32. The molecule has 1 unspecified atom stereocenters. The number of hydrogen-bond donors (Lipinski definition) is 2. The van der Waals surface area contributed by atoms with E-state index in [2.05, 4.69) is 48.3 Å². The Labute approximate surface area is 155 Å². The maximum atomic E-state index is 12.1. The molecular formula is C18H28N3OS2+. The van der Waals surface area contributed by atoms with Crippen LogP contribution in [0.15, 0.2) is 30.3 Å². The lowest BCUT2D eigenvalue weighted by Crippen LogP contribution is -3.09. The number of quaternary nitrogens is 1. The highest BCUT2D eigenvalue weighted by molar-refractivity contribution is 8.23. The third-order valence-electron chi connectivity index (χ3n) is 4.39. The number of carbonyl (C=O) groups excluding carboxylic acids is 1. The van der Waals surface area contributed by atoms with Gasteiger partial charge in [0.15, 0.2) is 0 Å². The van der Waals surface area contributed by atoms with Crippen molar-refractivity contribution in [2.75, 3.05) is 31.9 Å². The van der Waals surface area contributed by atoms with Gasteiger partial charge in [-0.25, -0.2) is 0 Å². The summed E-state index contributed by atoms with van der Waals surface area (Å²) in [6.07, 6.45) is 1.05. The van der Waals surface area contributed by atoms with E-state index in [0.717, 1.165) is 43.5 Å². The second-order valence-corrected chi connectivity index (χ2v) is 7.76. The third kappa shape index (κ3) is 6.07. The van der Waals surface area contributed by atoms with Crippen molar-refractivity contribution in [1.29, 1.82) is 0 Å². The Morgan fingerprint density at radius 1 is 1.33 bits per heavy atom. The van der Waals surface area contributed by atoms with Gasteiger partial charge in [-0.1, -0.05) is 54.3 Å². The van der Waals surface area contributed by atoms with Crippen molar-refractivity contribution in [3.63, 3.8) is 0 Å². The first-order valence-electron chi connectivity index (χ1n) is 8.70. The van der Waals surface area contributed by atoms with Gasteiger partial charge < -0.3 is 15.1 Å². The van der Waals surface area contributed by atoms with Gasteiger partial charge in [-0.15, -0.1) is 0 Å². The Balaban J connectivity index is 1.69. The van der Waals surface area contributed by atoms with Gasteiger partial charge in [0.25, 0.3) is 0 Å². The van der Waals surface area contributed by atoms with Crippen molar-refractivity contribution in [3.8, 4) is 0 Å². The number of thiocarbonyl (C=S) groups is 1. The zero-order valence-electron chi connectivity index (χ0n) is 14.6. The second kappa shape index (κ2) is 10.0. The van der Waals surface area contributed by atoms with E-state index in [0.29, 0.717) is 11.8 Å². The Morgan fingerprint density at radius 2 is 2.04 bits per heavy atom. The lowest BCUT2D eigenvalue weighted by molar-refractivity contribution is -0.901. The molecule has 0 radical (unpaired) electrons. The fraction of sp³-hybridized carbons (Fsp3) is 0.556. The summed E-state index contributed by atoms with van der Waals surface area (Å²) in [5.74, 6) is 0.514. The summed E-state index contributed by atoms with van der Waals surface area (Å²) in [6.45, 7) is 9.11. The zero-order valence-corrected chi connectivity index (χ0v) is 16.2. The molecule has 0 saturated carbocycles. The van der Waals surface area contributed by atoms with Crippen molar-refractivity contribution in [2.24, 2.45) is 0 Å². The van der Waals surface area contributed by atoms with Crippen LogP contribution in [0.2, 0.25) is 0 Å². The molecule has 0 spiro atoms. The van der Waals surface area contributed by atoms with Crippen LogP contribution >= 0.6 is 24.0 Å². The van der Waals surface area contributed by atoms with Crippen LogP contribution in [0.25, 0.3) is 0 Å². The summed E-state index contributed by atoms with van der Waals surface area (Å²) in [5, 5.41) is 3.17. The molecule has 1 aromatic rings. The molecule has 0 aliphatic carbocycles. The van der Waals surface area contributed by atoms with E-state index in [1.807, 2.05) is 6.07 Å². The number of benzene rings is 1. The molecule has 1 amide bonds. The highest BCUT2D eigenvalue weighted by atomic mass is 32.2. The minimum absolute atomic E-state index is 0.0977. The fourth-order valence-corrected chi connectivity index (χ4v) is 4.28. The SMILES string of the molecule is CCN(CC)C(=S)SCC(=O)N[C@H]1CC[NH+](Cc2ccccc2)C1. The van der Waals surface area contributed by atoms with Crippen LogP contribution in [0, 0.1) is 0 Å². The molecule has 2 atom stereocenters. The molecule has 2 rings (SSSR count). The number of carbonyl (C=O) groups is 1. The Kier molecular flexibility index (Phi) is 8.02. The summed E-state index contributed by atoms with van der Waals surface area (Å²) < 4.78 is 0.818. The summed E-state index contributed by atoms with van der Waals surface area (Å²) >= 11 is 6.84. The molecule has 0 aromatic heterocycles.